The van der Waals surface area contributed by atoms with Crippen LogP contribution in [-0.4, -0.2) is 96.0 Å². The Morgan fingerprint density at radius 2 is 1.35 bits per heavy atom. The van der Waals surface area contributed by atoms with E-state index in [0.29, 0.717) is 26.4 Å². The van der Waals surface area contributed by atoms with Gasteiger partial charge in [-0.2, -0.15) is 0 Å². The summed E-state index contributed by atoms with van der Waals surface area (Å²) < 4.78 is 36.5. The number of ether oxygens (including phenoxy) is 6. The fourth-order valence-electron chi connectivity index (χ4n) is 8.47. The maximum Gasteiger partial charge on any atom is 2.00 e. The van der Waals surface area contributed by atoms with Crippen molar-refractivity contribution in [3.05, 3.63) is 37.5 Å². The third-order valence-corrected chi connectivity index (χ3v) is 10.4. The van der Waals surface area contributed by atoms with Crippen LogP contribution in [0, 0.1) is 47.5 Å². The maximum absolute atomic E-state index is 12.5. The average molecular weight is 804 g/mol. The van der Waals surface area contributed by atoms with Gasteiger partial charge in [-0.3, -0.25) is 11.4 Å². The molecule has 9 atom stereocenters. The van der Waals surface area contributed by atoms with Gasteiger partial charge in [0.25, 0.3) is 0 Å². The second kappa shape index (κ2) is 23.3. The molecule has 2 saturated carbocycles. The minimum atomic E-state index is -1.11. The summed E-state index contributed by atoms with van der Waals surface area (Å²) in [5, 5.41) is 0. The molecule has 2 aliphatic heterocycles. The summed E-state index contributed by atoms with van der Waals surface area (Å²) in [6, 6.07) is 0. The number of hydrogen-bond acceptors (Lipinski definition) is 8. The minimum Gasteiger partial charge on any atom is -1.00 e. The molecule has 4 rings (SSSR count). The smallest absolute Gasteiger partial charge is 1.00 e. The number of hydrogen-bond donors (Lipinski definition) is 0. The van der Waals surface area contributed by atoms with Crippen LogP contribution < -0.4 is 17.0 Å². The Balaban J connectivity index is -0.000000823. The Hall–Kier alpha value is -1.63. The van der Waals surface area contributed by atoms with Gasteiger partial charge in [-0.05, 0) is 103 Å². The van der Waals surface area contributed by atoms with Gasteiger partial charge in [-0.25, -0.2) is 4.79 Å². The third-order valence-electron chi connectivity index (χ3n) is 10.4. The van der Waals surface area contributed by atoms with Gasteiger partial charge >= 0.3 is 35.0 Å². The van der Waals surface area contributed by atoms with Crippen molar-refractivity contribution in [2.75, 3.05) is 26.4 Å². The van der Waals surface area contributed by atoms with Gasteiger partial charge in [0.2, 0.25) is 11.2 Å². The first-order valence-corrected chi connectivity index (χ1v) is 17.4. The van der Waals surface area contributed by atoms with Gasteiger partial charge < -0.3 is 52.0 Å². The molecule has 0 amide bonds. The first kappa shape index (κ1) is 54.7. The zero-order valence-corrected chi connectivity index (χ0v) is 35.2. The van der Waals surface area contributed by atoms with E-state index in [-0.39, 0.29) is 97.3 Å². The van der Waals surface area contributed by atoms with Gasteiger partial charge in [-0.1, -0.05) is 41.7 Å². The van der Waals surface area contributed by atoms with E-state index in [1.807, 2.05) is 47.6 Å². The predicted molar refractivity (Wildman–Crippen MR) is 207 cm³/mol. The van der Waals surface area contributed by atoms with Crippen molar-refractivity contribution in [2.45, 2.75) is 151 Å². The molecule has 292 valence electrons. The first-order chi connectivity index (χ1) is 22.8. The van der Waals surface area contributed by atoms with E-state index in [9.17, 15) is 9.59 Å². The SMILES string of the molecule is C.C.C=CC1(C)CC(=O)OC2(C#CC)C(OCC)C(C)CC[C@]12OCC.CC#CC12OC(=O)C=C(C)[C@@]1(OCC)CCC(C)C2OCC.[Br-].[CH-]=C.[Mg+2]. The molecular formula is C42H67BrMgO8. The van der Waals surface area contributed by atoms with Crippen molar-refractivity contribution in [3.63, 3.8) is 0 Å². The van der Waals surface area contributed by atoms with Crippen LogP contribution in [0.15, 0.2) is 30.9 Å². The number of carbonyl (C=O) groups excluding carboxylic acids is 2. The molecule has 0 N–H and O–H groups in total. The van der Waals surface area contributed by atoms with Gasteiger partial charge in [0.1, 0.15) is 23.4 Å². The van der Waals surface area contributed by atoms with E-state index in [4.69, 9.17) is 28.4 Å². The van der Waals surface area contributed by atoms with E-state index in [2.05, 4.69) is 57.3 Å². The molecule has 4 aliphatic rings. The molecule has 2 aliphatic carbocycles. The van der Waals surface area contributed by atoms with Crippen LogP contribution in [0.2, 0.25) is 0 Å². The number of halogens is 1. The summed E-state index contributed by atoms with van der Waals surface area (Å²) in [6.07, 6.45) is 6.41. The zero-order valence-electron chi connectivity index (χ0n) is 32.2. The van der Waals surface area contributed by atoms with Crippen molar-refractivity contribution in [1.29, 1.82) is 0 Å². The van der Waals surface area contributed by atoms with Crippen molar-refractivity contribution in [2.24, 2.45) is 17.3 Å². The molecule has 0 aromatic heterocycles. The van der Waals surface area contributed by atoms with Crippen LogP contribution >= 0.6 is 0 Å². The fraction of sp³-hybridized carbons (Fsp3) is 0.714. The van der Waals surface area contributed by atoms with Crippen LogP contribution in [0.4, 0.5) is 0 Å². The number of fused-ring (bicyclic) bond motifs is 2. The molecule has 10 heteroatoms. The maximum atomic E-state index is 12.5. The summed E-state index contributed by atoms with van der Waals surface area (Å²) in [7, 11) is 0. The topological polar surface area (TPSA) is 89.5 Å². The summed E-state index contributed by atoms with van der Waals surface area (Å²) >= 11 is 0. The van der Waals surface area contributed by atoms with E-state index in [1.54, 1.807) is 13.8 Å². The minimum absolute atomic E-state index is 0. The summed E-state index contributed by atoms with van der Waals surface area (Å²) in [5.74, 6) is 12.1. The Morgan fingerprint density at radius 3 is 1.81 bits per heavy atom. The molecule has 52 heavy (non-hydrogen) atoms. The average Bonchev–Trinajstić information content (AvgIpc) is 3.04. The van der Waals surface area contributed by atoms with Crippen molar-refractivity contribution in [1.82, 2.24) is 0 Å². The van der Waals surface area contributed by atoms with Crippen molar-refractivity contribution >= 4 is 35.0 Å². The second-order valence-electron chi connectivity index (χ2n) is 13.0. The largest absolute Gasteiger partial charge is 2.00 e. The Morgan fingerprint density at radius 1 is 0.865 bits per heavy atom. The normalized spacial score (nSPS) is 35.2. The molecule has 7 unspecified atom stereocenters. The Labute approximate surface area is 343 Å². The second-order valence-corrected chi connectivity index (χ2v) is 13.0. The van der Waals surface area contributed by atoms with E-state index in [0.717, 1.165) is 31.3 Å². The number of esters is 2. The zero-order chi connectivity index (χ0) is 36.4. The fourth-order valence-corrected chi connectivity index (χ4v) is 8.47. The molecular weight excluding hydrogens is 737 g/mol. The van der Waals surface area contributed by atoms with E-state index in [1.165, 1.54) is 6.08 Å². The van der Waals surface area contributed by atoms with Gasteiger partial charge in [0.15, 0.2) is 0 Å². The molecule has 8 nitrogen and oxygen atoms in total. The molecule has 0 bridgehead atoms. The Bertz CT molecular complexity index is 1310. The molecule has 0 radical (unpaired) electrons. The van der Waals surface area contributed by atoms with Gasteiger partial charge in [0.05, 0.1) is 6.42 Å². The van der Waals surface area contributed by atoms with Crippen LogP contribution in [0.25, 0.3) is 0 Å². The summed E-state index contributed by atoms with van der Waals surface area (Å²) in [6.45, 7) is 32.7. The van der Waals surface area contributed by atoms with Crippen LogP contribution in [0.3, 0.4) is 0 Å². The summed E-state index contributed by atoms with van der Waals surface area (Å²) in [4.78, 5) is 24.7. The van der Waals surface area contributed by atoms with Crippen molar-refractivity contribution in [3.8, 4) is 23.7 Å². The van der Waals surface area contributed by atoms with E-state index >= 15 is 0 Å². The van der Waals surface area contributed by atoms with Gasteiger partial charge in [-0.15, -0.1) is 18.4 Å². The standard InChI is InChI=1S/C20H30O4.C18H26O4.C2H3.2CH4.BrH.Mg/c1-7-12-19-17(22-9-3)15(5)11-13-20(19,23-10-4)18(6,8-2)14-16(21)24-19;1-6-10-18-16(20-7-2)13(4)9-11-17(18,21-8-3)14(5)12-15(19)22-18;1-2;;;;/h8,15,17H,2,9-11,13-14H2,1,3-6H3;12-13,16H,7-9,11H2,1-5H3;1H,2H2;2*1H4;1H;/q;;-1;;;;+2/p-1/t15?,17?,18?,19?,20-;13?,16?,17-,18?;;;;;/m00...../s1. The van der Waals surface area contributed by atoms with Crippen molar-refractivity contribution < 1.29 is 55.0 Å². The molecule has 0 spiro atoms. The number of carbonyl (C=O) groups is 2. The van der Waals surface area contributed by atoms with Crippen LogP contribution in [-0.2, 0) is 38.0 Å². The third kappa shape index (κ3) is 9.41. The monoisotopic (exact) mass is 802 g/mol. The summed E-state index contributed by atoms with van der Waals surface area (Å²) in [5.41, 5.74) is -3.32. The molecule has 3 fully saturated rings. The van der Waals surface area contributed by atoms with Crippen LogP contribution in [0.5, 0.6) is 0 Å². The molecule has 0 aromatic carbocycles. The molecule has 0 aromatic rings. The van der Waals surface area contributed by atoms with Crippen LogP contribution in [0.1, 0.15) is 116 Å². The molecule has 2 heterocycles. The molecule has 1 saturated heterocycles. The quantitative estimate of drug-likeness (QED) is 0.108. The van der Waals surface area contributed by atoms with Gasteiger partial charge in [0, 0.05) is 37.9 Å². The predicted octanol–water partition coefficient (Wildman–Crippen LogP) is 4.86. The van der Waals surface area contributed by atoms with E-state index < -0.39 is 27.8 Å². The Kier molecular flexibility index (Phi) is 24.5. The first-order valence-electron chi connectivity index (χ1n) is 17.4. The number of rotatable bonds is 9.